The highest BCUT2D eigenvalue weighted by molar-refractivity contribution is 6.33. The summed E-state index contributed by atoms with van der Waals surface area (Å²) in [6.07, 6.45) is 2.09. The molecule has 1 heterocycles. The molecule has 0 fully saturated rings. The van der Waals surface area contributed by atoms with Gasteiger partial charge in [0.2, 0.25) is 0 Å². The van der Waals surface area contributed by atoms with Crippen molar-refractivity contribution in [2.24, 2.45) is 0 Å². The van der Waals surface area contributed by atoms with Crippen molar-refractivity contribution >= 4 is 17.3 Å². The Bertz CT molecular complexity index is 503. The summed E-state index contributed by atoms with van der Waals surface area (Å²) < 4.78 is 2.22. The van der Waals surface area contributed by atoms with Crippen molar-refractivity contribution in [2.75, 3.05) is 5.32 Å². The largest absolute Gasteiger partial charge is 0.378 e. The van der Waals surface area contributed by atoms with E-state index in [-0.39, 0.29) is 0 Å². The van der Waals surface area contributed by atoms with Gasteiger partial charge in [0, 0.05) is 18.4 Å². The van der Waals surface area contributed by atoms with Crippen molar-refractivity contribution in [3.05, 3.63) is 52.8 Å². The number of benzene rings is 1. The van der Waals surface area contributed by atoms with Crippen LogP contribution in [0.4, 0.5) is 5.69 Å². The zero-order valence-electron chi connectivity index (χ0n) is 10.2. The van der Waals surface area contributed by atoms with Crippen molar-refractivity contribution < 1.29 is 0 Å². The quantitative estimate of drug-likeness (QED) is 0.863. The molecule has 0 unspecified atom stereocenters. The van der Waals surface area contributed by atoms with Gasteiger partial charge in [-0.15, -0.1) is 0 Å². The Kier molecular flexibility index (Phi) is 3.75. The molecule has 2 nitrogen and oxygen atoms in total. The van der Waals surface area contributed by atoms with Crippen LogP contribution in [-0.4, -0.2) is 4.57 Å². The SMILES string of the molecule is CCn1cccc1CNc1ccc(C)cc1Cl. The van der Waals surface area contributed by atoms with E-state index in [0.717, 1.165) is 23.8 Å². The molecule has 0 aliphatic carbocycles. The first-order chi connectivity index (χ1) is 8.20. The second kappa shape index (κ2) is 5.28. The molecule has 1 aromatic carbocycles. The first-order valence-electron chi connectivity index (χ1n) is 5.84. The maximum Gasteiger partial charge on any atom is 0.0640 e. The third kappa shape index (κ3) is 2.83. The normalized spacial score (nSPS) is 10.5. The zero-order valence-corrected chi connectivity index (χ0v) is 11.0. The summed E-state index contributed by atoms with van der Waals surface area (Å²) in [6.45, 7) is 5.97. The molecule has 1 N–H and O–H groups in total. The zero-order chi connectivity index (χ0) is 12.3. The molecule has 0 spiro atoms. The van der Waals surface area contributed by atoms with Gasteiger partial charge < -0.3 is 9.88 Å². The van der Waals surface area contributed by atoms with E-state index in [1.807, 2.05) is 19.1 Å². The maximum absolute atomic E-state index is 6.17. The van der Waals surface area contributed by atoms with Gasteiger partial charge >= 0.3 is 0 Å². The van der Waals surface area contributed by atoms with Gasteiger partial charge in [0.25, 0.3) is 0 Å². The third-order valence-electron chi connectivity index (χ3n) is 2.85. The molecule has 0 atom stereocenters. The van der Waals surface area contributed by atoms with Gasteiger partial charge in [-0.1, -0.05) is 17.7 Å². The number of rotatable bonds is 4. The van der Waals surface area contributed by atoms with Gasteiger partial charge in [-0.2, -0.15) is 0 Å². The Labute approximate surface area is 107 Å². The Balaban J connectivity index is 2.07. The summed E-state index contributed by atoms with van der Waals surface area (Å²) in [6, 6.07) is 10.3. The minimum Gasteiger partial charge on any atom is -0.378 e. The fourth-order valence-corrected chi connectivity index (χ4v) is 2.17. The lowest BCUT2D eigenvalue weighted by Gasteiger charge is -2.11. The number of hydrogen-bond donors (Lipinski definition) is 1. The molecule has 17 heavy (non-hydrogen) atoms. The summed E-state index contributed by atoms with van der Waals surface area (Å²) in [5.74, 6) is 0. The fraction of sp³-hybridized carbons (Fsp3) is 0.286. The van der Waals surface area contributed by atoms with E-state index in [4.69, 9.17) is 11.6 Å². The minimum atomic E-state index is 0.777. The van der Waals surface area contributed by atoms with Gasteiger partial charge in [-0.05, 0) is 43.7 Å². The Hall–Kier alpha value is -1.41. The van der Waals surface area contributed by atoms with Crippen molar-refractivity contribution in [1.82, 2.24) is 4.57 Å². The van der Waals surface area contributed by atoms with E-state index in [0.29, 0.717) is 0 Å². The second-order valence-corrected chi connectivity index (χ2v) is 4.53. The monoisotopic (exact) mass is 248 g/mol. The molecular weight excluding hydrogens is 232 g/mol. The lowest BCUT2D eigenvalue weighted by atomic mass is 10.2. The molecule has 0 bridgehead atoms. The molecule has 0 aliphatic heterocycles. The van der Waals surface area contributed by atoms with Crippen molar-refractivity contribution in [3.63, 3.8) is 0 Å². The molecule has 0 saturated heterocycles. The van der Waals surface area contributed by atoms with Crippen LogP contribution in [0.1, 0.15) is 18.2 Å². The molecule has 0 amide bonds. The van der Waals surface area contributed by atoms with E-state index < -0.39 is 0 Å². The summed E-state index contributed by atoms with van der Waals surface area (Å²) in [5.41, 5.74) is 3.43. The predicted molar refractivity (Wildman–Crippen MR) is 73.6 cm³/mol. The third-order valence-corrected chi connectivity index (χ3v) is 3.16. The van der Waals surface area contributed by atoms with Crippen molar-refractivity contribution in [3.8, 4) is 0 Å². The van der Waals surface area contributed by atoms with E-state index in [9.17, 15) is 0 Å². The van der Waals surface area contributed by atoms with Crippen LogP contribution in [0.25, 0.3) is 0 Å². The van der Waals surface area contributed by atoms with Gasteiger partial charge in [0.15, 0.2) is 0 Å². The van der Waals surface area contributed by atoms with Gasteiger partial charge in [0.1, 0.15) is 0 Å². The summed E-state index contributed by atoms with van der Waals surface area (Å²) in [4.78, 5) is 0. The van der Waals surface area contributed by atoms with Gasteiger partial charge in [0.05, 0.1) is 17.3 Å². The molecule has 2 aromatic rings. The van der Waals surface area contributed by atoms with Crippen LogP contribution in [-0.2, 0) is 13.1 Å². The van der Waals surface area contributed by atoms with Crippen molar-refractivity contribution in [1.29, 1.82) is 0 Å². The number of aromatic nitrogens is 1. The summed E-state index contributed by atoms with van der Waals surface area (Å²) in [7, 11) is 0. The number of anilines is 1. The number of nitrogens with zero attached hydrogens (tertiary/aromatic N) is 1. The van der Waals surface area contributed by atoms with E-state index in [1.165, 1.54) is 11.3 Å². The number of hydrogen-bond acceptors (Lipinski definition) is 1. The van der Waals surface area contributed by atoms with E-state index >= 15 is 0 Å². The topological polar surface area (TPSA) is 17.0 Å². The molecular formula is C14H17ClN2. The first kappa shape index (κ1) is 12.1. The molecule has 2 rings (SSSR count). The van der Waals surface area contributed by atoms with Crippen LogP contribution in [0, 0.1) is 6.92 Å². The highest BCUT2D eigenvalue weighted by Gasteiger charge is 2.02. The number of nitrogens with one attached hydrogen (secondary N) is 1. The average Bonchev–Trinajstić information content (AvgIpc) is 2.75. The smallest absolute Gasteiger partial charge is 0.0640 e. The van der Waals surface area contributed by atoms with E-state index in [1.54, 1.807) is 0 Å². The van der Waals surface area contributed by atoms with Crippen LogP contribution >= 0.6 is 11.6 Å². The van der Waals surface area contributed by atoms with Gasteiger partial charge in [-0.25, -0.2) is 0 Å². The molecule has 3 heteroatoms. The second-order valence-electron chi connectivity index (χ2n) is 4.12. The Morgan fingerprint density at radius 2 is 2.12 bits per heavy atom. The summed E-state index contributed by atoms with van der Waals surface area (Å²) in [5, 5.41) is 4.14. The number of aryl methyl sites for hydroxylation is 2. The molecule has 1 aromatic heterocycles. The maximum atomic E-state index is 6.17. The lowest BCUT2D eigenvalue weighted by molar-refractivity contribution is 0.724. The van der Waals surface area contributed by atoms with E-state index in [2.05, 4.69) is 41.2 Å². The Morgan fingerprint density at radius 1 is 1.29 bits per heavy atom. The Morgan fingerprint density at radius 3 is 2.82 bits per heavy atom. The van der Waals surface area contributed by atoms with Crippen LogP contribution in [0.5, 0.6) is 0 Å². The minimum absolute atomic E-state index is 0.777. The predicted octanol–water partition coefficient (Wildman–Crippen LogP) is 4.08. The molecule has 0 saturated carbocycles. The van der Waals surface area contributed by atoms with Crippen molar-refractivity contribution in [2.45, 2.75) is 26.9 Å². The van der Waals surface area contributed by atoms with Crippen LogP contribution in [0.2, 0.25) is 5.02 Å². The fourth-order valence-electron chi connectivity index (χ4n) is 1.87. The lowest BCUT2D eigenvalue weighted by Crippen LogP contribution is -2.06. The van der Waals surface area contributed by atoms with Crippen LogP contribution in [0.3, 0.4) is 0 Å². The van der Waals surface area contributed by atoms with Gasteiger partial charge in [-0.3, -0.25) is 0 Å². The highest BCUT2D eigenvalue weighted by atomic mass is 35.5. The molecule has 0 aliphatic rings. The highest BCUT2D eigenvalue weighted by Crippen LogP contribution is 2.23. The molecule has 90 valence electrons. The average molecular weight is 249 g/mol. The molecule has 0 radical (unpaired) electrons. The first-order valence-corrected chi connectivity index (χ1v) is 6.22. The van der Waals surface area contributed by atoms with Crippen LogP contribution < -0.4 is 5.32 Å². The van der Waals surface area contributed by atoms with Crippen LogP contribution in [0.15, 0.2) is 36.5 Å². The summed E-state index contributed by atoms with van der Waals surface area (Å²) >= 11 is 6.17. The standard InChI is InChI=1S/C14H17ClN2/c1-3-17-8-4-5-12(17)10-16-14-7-6-11(2)9-13(14)15/h4-9,16H,3,10H2,1-2H3. The number of halogens is 1.